The van der Waals surface area contributed by atoms with E-state index in [2.05, 4.69) is 15.5 Å². The van der Waals surface area contributed by atoms with Crippen LogP contribution in [0.4, 0.5) is 0 Å². The average molecular weight is 396 g/mol. The molecular formula is C18H22ClN3O3S. The molecule has 0 amide bonds. The van der Waals surface area contributed by atoms with Crippen LogP contribution in [0.3, 0.4) is 0 Å². The maximum absolute atomic E-state index is 12.8. The summed E-state index contributed by atoms with van der Waals surface area (Å²) in [4.78, 5) is 11.0. The number of fused-ring (bicyclic) bond motifs is 1. The number of hydrogen-bond acceptors (Lipinski definition) is 5. The number of aromatic amines is 1. The van der Waals surface area contributed by atoms with Crippen LogP contribution >= 0.6 is 11.6 Å². The SMILES string of the molecule is CC(CC1Cc2[nH]ncc2C(CCC=O)N1)S(=O)(=O)c1ccc(Cl)cc1. The smallest absolute Gasteiger partial charge is 0.181 e. The van der Waals surface area contributed by atoms with Crippen LogP contribution in [0.15, 0.2) is 35.4 Å². The number of hydrogen-bond donors (Lipinski definition) is 2. The molecule has 3 atom stereocenters. The highest BCUT2D eigenvalue weighted by atomic mass is 35.5. The molecule has 0 spiro atoms. The number of H-pyrrole nitrogens is 1. The van der Waals surface area contributed by atoms with Crippen LogP contribution in [0.2, 0.25) is 5.02 Å². The molecule has 3 unspecified atom stereocenters. The maximum Gasteiger partial charge on any atom is 0.181 e. The van der Waals surface area contributed by atoms with Gasteiger partial charge in [-0.15, -0.1) is 0 Å². The Hall–Kier alpha value is -1.70. The molecule has 8 heteroatoms. The first-order chi connectivity index (χ1) is 12.4. The third kappa shape index (κ3) is 4.00. The maximum atomic E-state index is 12.8. The number of sulfone groups is 1. The number of nitrogens with one attached hydrogen (secondary N) is 2. The quantitative estimate of drug-likeness (QED) is 0.703. The van der Waals surface area contributed by atoms with Gasteiger partial charge in [-0.1, -0.05) is 11.6 Å². The van der Waals surface area contributed by atoms with Crippen molar-refractivity contribution in [3.63, 3.8) is 0 Å². The minimum absolute atomic E-state index is 0.00308. The molecule has 0 fully saturated rings. The van der Waals surface area contributed by atoms with Crippen LogP contribution < -0.4 is 5.32 Å². The Morgan fingerprint density at radius 2 is 2.08 bits per heavy atom. The Morgan fingerprint density at radius 1 is 1.35 bits per heavy atom. The Balaban J connectivity index is 1.74. The first-order valence-electron chi connectivity index (χ1n) is 8.63. The number of aldehydes is 1. The van der Waals surface area contributed by atoms with E-state index >= 15 is 0 Å². The highest BCUT2D eigenvalue weighted by molar-refractivity contribution is 7.92. The van der Waals surface area contributed by atoms with E-state index in [0.29, 0.717) is 30.7 Å². The first-order valence-corrected chi connectivity index (χ1v) is 10.6. The molecule has 0 saturated heterocycles. The number of aromatic nitrogens is 2. The van der Waals surface area contributed by atoms with Crippen molar-refractivity contribution >= 4 is 27.7 Å². The lowest BCUT2D eigenvalue weighted by Gasteiger charge is -2.32. The molecule has 140 valence electrons. The minimum Gasteiger partial charge on any atom is -0.307 e. The van der Waals surface area contributed by atoms with E-state index < -0.39 is 15.1 Å². The minimum atomic E-state index is -3.43. The van der Waals surface area contributed by atoms with Crippen LogP contribution in [-0.4, -0.2) is 36.2 Å². The van der Waals surface area contributed by atoms with E-state index in [0.717, 1.165) is 17.5 Å². The molecule has 2 heterocycles. The normalized spacial score (nSPS) is 21.2. The number of nitrogens with zero attached hydrogens (tertiary/aromatic N) is 1. The van der Waals surface area contributed by atoms with Gasteiger partial charge in [0.2, 0.25) is 0 Å². The van der Waals surface area contributed by atoms with Gasteiger partial charge < -0.3 is 10.1 Å². The van der Waals surface area contributed by atoms with Gasteiger partial charge in [-0.25, -0.2) is 8.42 Å². The monoisotopic (exact) mass is 395 g/mol. The fourth-order valence-corrected chi connectivity index (χ4v) is 5.07. The fraction of sp³-hybridized carbons (Fsp3) is 0.444. The van der Waals surface area contributed by atoms with Crippen LogP contribution in [0.25, 0.3) is 0 Å². The van der Waals surface area contributed by atoms with Crippen molar-refractivity contribution in [1.29, 1.82) is 0 Å². The number of halogens is 1. The Bertz CT molecular complexity index is 864. The van der Waals surface area contributed by atoms with Crippen molar-refractivity contribution < 1.29 is 13.2 Å². The molecule has 1 aromatic heterocycles. The summed E-state index contributed by atoms with van der Waals surface area (Å²) in [5.74, 6) is 0. The van der Waals surface area contributed by atoms with E-state index in [1.54, 1.807) is 37.4 Å². The summed E-state index contributed by atoms with van der Waals surface area (Å²) in [5, 5.41) is 10.6. The highest BCUT2D eigenvalue weighted by Gasteiger charge is 2.32. The predicted molar refractivity (Wildman–Crippen MR) is 100.0 cm³/mol. The third-order valence-corrected chi connectivity index (χ3v) is 7.31. The fourth-order valence-electron chi connectivity index (χ4n) is 3.47. The van der Waals surface area contributed by atoms with Crippen molar-refractivity contribution in [1.82, 2.24) is 15.5 Å². The van der Waals surface area contributed by atoms with Crippen LogP contribution in [0.1, 0.15) is 43.5 Å². The lowest BCUT2D eigenvalue weighted by molar-refractivity contribution is -0.108. The second kappa shape index (κ2) is 7.90. The van der Waals surface area contributed by atoms with Crippen molar-refractivity contribution in [3.8, 4) is 0 Å². The largest absolute Gasteiger partial charge is 0.307 e. The van der Waals surface area contributed by atoms with Gasteiger partial charge in [0.05, 0.1) is 16.3 Å². The molecule has 3 rings (SSSR count). The molecule has 26 heavy (non-hydrogen) atoms. The van der Waals surface area contributed by atoms with Crippen molar-refractivity contribution in [2.45, 2.75) is 54.8 Å². The molecule has 2 aromatic rings. The first kappa shape index (κ1) is 19.1. The van der Waals surface area contributed by atoms with Gasteiger partial charge >= 0.3 is 0 Å². The standard InChI is InChI=1S/C18H22ClN3O3S/c1-12(26(24,25)15-6-4-13(19)5-7-15)9-14-10-18-16(11-20-22-18)17(21-14)3-2-8-23/h4-8,11-12,14,17,21H,2-3,9-10H2,1H3,(H,20,22). The zero-order valence-corrected chi connectivity index (χ0v) is 16.1. The summed E-state index contributed by atoms with van der Waals surface area (Å²) in [7, 11) is -3.43. The van der Waals surface area contributed by atoms with Crippen LogP contribution in [-0.2, 0) is 21.1 Å². The third-order valence-electron chi connectivity index (χ3n) is 4.88. The van der Waals surface area contributed by atoms with E-state index in [1.165, 1.54) is 0 Å². The van der Waals surface area contributed by atoms with Gasteiger partial charge in [0.25, 0.3) is 0 Å². The lowest BCUT2D eigenvalue weighted by atomic mass is 9.91. The highest BCUT2D eigenvalue weighted by Crippen LogP contribution is 2.30. The predicted octanol–water partition coefficient (Wildman–Crippen LogP) is 2.85. The molecule has 6 nitrogen and oxygen atoms in total. The summed E-state index contributed by atoms with van der Waals surface area (Å²) in [5.41, 5.74) is 2.08. The van der Waals surface area contributed by atoms with Gasteiger partial charge in [-0.05, 0) is 44.0 Å². The van der Waals surface area contributed by atoms with Gasteiger partial charge in [0.1, 0.15) is 6.29 Å². The number of carbonyl (C=O) groups is 1. The lowest BCUT2D eigenvalue weighted by Crippen LogP contribution is -2.42. The topological polar surface area (TPSA) is 91.9 Å². The van der Waals surface area contributed by atoms with E-state index in [9.17, 15) is 13.2 Å². The van der Waals surface area contributed by atoms with Crippen molar-refractivity contribution in [3.05, 3.63) is 46.7 Å². The van der Waals surface area contributed by atoms with Gasteiger partial charge in [-0.3, -0.25) is 5.10 Å². The molecule has 0 saturated carbocycles. The molecule has 0 aliphatic carbocycles. The molecule has 1 aliphatic heterocycles. The van der Waals surface area contributed by atoms with Gasteiger partial charge in [0, 0.05) is 41.2 Å². The van der Waals surface area contributed by atoms with Crippen LogP contribution in [0.5, 0.6) is 0 Å². The van der Waals surface area contributed by atoms with E-state index in [4.69, 9.17) is 11.6 Å². The molecule has 0 bridgehead atoms. The second-order valence-electron chi connectivity index (χ2n) is 6.71. The molecule has 0 radical (unpaired) electrons. The Kier molecular flexibility index (Phi) is 5.79. The molecule has 1 aliphatic rings. The summed E-state index contributed by atoms with van der Waals surface area (Å²) < 4.78 is 25.7. The van der Waals surface area contributed by atoms with Crippen molar-refractivity contribution in [2.24, 2.45) is 0 Å². The Labute approximate surface area is 158 Å². The van der Waals surface area contributed by atoms with E-state index in [-0.39, 0.29) is 17.0 Å². The number of rotatable bonds is 7. The van der Waals surface area contributed by atoms with E-state index in [1.807, 2.05) is 0 Å². The molecule has 1 aromatic carbocycles. The van der Waals surface area contributed by atoms with Gasteiger partial charge in [0.15, 0.2) is 9.84 Å². The average Bonchev–Trinajstić information content (AvgIpc) is 3.08. The summed E-state index contributed by atoms with van der Waals surface area (Å²) >= 11 is 5.85. The number of benzene rings is 1. The number of carbonyl (C=O) groups excluding carboxylic acids is 1. The Morgan fingerprint density at radius 3 is 2.77 bits per heavy atom. The van der Waals surface area contributed by atoms with Crippen LogP contribution in [0, 0.1) is 0 Å². The van der Waals surface area contributed by atoms with Gasteiger partial charge in [-0.2, -0.15) is 5.10 Å². The zero-order valence-electron chi connectivity index (χ0n) is 14.5. The summed E-state index contributed by atoms with van der Waals surface area (Å²) in [6, 6.07) is 6.28. The summed E-state index contributed by atoms with van der Waals surface area (Å²) in [6.07, 6.45) is 4.97. The second-order valence-corrected chi connectivity index (χ2v) is 9.52. The van der Waals surface area contributed by atoms with Crippen molar-refractivity contribution in [2.75, 3.05) is 0 Å². The summed E-state index contributed by atoms with van der Waals surface area (Å²) in [6.45, 7) is 1.73. The zero-order chi connectivity index (χ0) is 18.7. The molecule has 2 N–H and O–H groups in total. The molecular weight excluding hydrogens is 374 g/mol.